The van der Waals surface area contributed by atoms with Gasteiger partial charge in [0, 0.05) is 11.8 Å². The summed E-state index contributed by atoms with van der Waals surface area (Å²) >= 11 is 7.71. The first-order valence-corrected chi connectivity index (χ1v) is 8.43. The van der Waals surface area contributed by atoms with Crippen LogP contribution in [-0.2, 0) is 4.74 Å². The summed E-state index contributed by atoms with van der Waals surface area (Å²) in [6.07, 6.45) is 7.71. The number of rotatable bonds is 8. The molecule has 17 heavy (non-hydrogen) atoms. The van der Waals surface area contributed by atoms with Gasteiger partial charge in [0.2, 0.25) is 0 Å². The number of thiocarbonyl (C=S) groups is 1. The summed E-state index contributed by atoms with van der Waals surface area (Å²) in [5.74, 6) is 1.01. The van der Waals surface area contributed by atoms with Crippen LogP contribution in [0, 0.1) is 0 Å². The Labute approximate surface area is 119 Å². The monoisotopic (exact) mass is 294 g/mol. The van der Waals surface area contributed by atoms with Gasteiger partial charge in [0.05, 0.1) is 6.61 Å². The number of thioether (sulfide) groups is 2. The maximum absolute atomic E-state index is 11.1. The van der Waals surface area contributed by atoms with E-state index in [9.17, 15) is 4.79 Å². The normalized spacial score (nSPS) is 10.2. The second-order valence-electron chi connectivity index (χ2n) is 3.65. The Morgan fingerprint density at radius 2 is 1.76 bits per heavy atom. The fourth-order valence-electron chi connectivity index (χ4n) is 1.28. The molecule has 0 aromatic rings. The van der Waals surface area contributed by atoms with Crippen molar-refractivity contribution in [3.63, 3.8) is 0 Å². The van der Waals surface area contributed by atoms with Gasteiger partial charge in [-0.05, 0) is 19.1 Å². The quantitative estimate of drug-likeness (QED) is 0.346. The molecule has 0 aromatic carbocycles. The fraction of sp³-hybridized carbons (Fsp3) is 0.833. The minimum atomic E-state index is -0.284. The molecule has 0 amide bonds. The van der Waals surface area contributed by atoms with Crippen molar-refractivity contribution >= 4 is 44.6 Å². The fourth-order valence-corrected chi connectivity index (χ4v) is 3.25. The maximum atomic E-state index is 11.1. The highest BCUT2D eigenvalue weighted by atomic mass is 32.2. The summed E-state index contributed by atoms with van der Waals surface area (Å²) in [6, 6.07) is 0. The molecule has 0 aliphatic heterocycles. The Balaban J connectivity index is 3.30. The second kappa shape index (κ2) is 12.7. The number of unbranched alkanes of at least 4 members (excludes halogenated alkanes) is 5. The molecule has 0 N–H and O–H groups in total. The van der Waals surface area contributed by atoms with Gasteiger partial charge < -0.3 is 4.74 Å². The van der Waals surface area contributed by atoms with Crippen molar-refractivity contribution in [2.45, 2.75) is 52.4 Å². The zero-order chi connectivity index (χ0) is 12.9. The third kappa shape index (κ3) is 12.5. The van der Waals surface area contributed by atoms with Crippen molar-refractivity contribution in [1.29, 1.82) is 0 Å². The van der Waals surface area contributed by atoms with E-state index in [0.29, 0.717) is 10.1 Å². The van der Waals surface area contributed by atoms with Gasteiger partial charge in [-0.3, -0.25) is 0 Å². The minimum absolute atomic E-state index is 0.284. The molecule has 100 valence electrons. The van der Waals surface area contributed by atoms with Crippen molar-refractivity contribution in [2.75, 3.05) is 12.4 Å². The lowest BCUT2D eigenvalue weighted by atomic mass is 10.1. The highest BCUT2D eigenvalue weighted by molar-refractivity contribution is 8.51. The standard InChI is InChI=1S/C12H22O2S3/c1-3-5-6-7-8-9-10-16-12(15)17-11(13)14-4-2/h3-10H2,1-2H3. The summed E-state index contributed by atoms with van der Waals surface area (Å²) in [4.78, 5) is 11.1. The van der Waals surface area contributed by atoms with Crippen LogP contribution in [0.5, 0.6) is 0 Å². The first-order valence-electron chi connectivity index (χ1n) is 6.22. The van der Waals surface area contributed by atoms with Gasteiger partial charge in [0.25, 0.3) is 0 Å². The highest BCUT2D eigenvalue weighted by Gasteiger charge is 2.07. The van der Waals surface area contributed by atoms with Gasteiger partial charge in [-0.1, -0.05) is 51.2 Å². The van der Waals surface area contributed by atoms with E-state index in [1.165, 1.54) is 38.5 Å². The first-order chi connectivity index (χ1) is 8.20. The van der Waals surface area contributed by atoms with E-state index in [2.05, 4.69) is 6.92 Å². The van der Waals surface area contributed by atoms with Gasteiger partial charge in [0.1, 0.15) is 3.53 Å². The van der Waals surface area contributed by atoms with Gasteiger partial charge in [-0.15, -0.1) is 11.8 Å². The average molecular weight is 295 g/mol. The van der Waals surface area contributed by atoms with E-state index in [4.69, 9.17) is 17.0 Å². The lowest BCUT2D eigenvalue weighted by molar-refractivity contribution is 0.182. The van der Waals surface area contributed by atoms with Crippen LogP contribution in [0.2, 0.25) is 0 Å². The largest absolute Gasteiger partial charge is 0.458 e. The Morgan fingerprint density at radius 3 is 2.41 bits per heavy atom. The van der Waals surface area contributed by atoms with Gasteiger partial charge >= 0.3 is 5.30 Å². The minimum Gasteiger partial charge on any atom is -0.458 e. The van der Waals surface area contributed by atoms with E-state index in [1.807, 2.05) is 0 Å². The number of ether oxygens (including phenoxy) is 1. The summed E-state index contributed by atoms with van der Waals surface area (Å²) in [5, 5.41) is -0.284. The van der Waals surface area contributed by atoms with Gasteiger partial charge in [-0.25, -0.2) is 4.79 Å². The molecule has 0 aliphatic rings. The van der Waals surface area contributed by atoms with Crippen LogP contribution in [0.3, 0.4) is 0 Å². The number of hydrogen-bond acceptors (Lipinski definition) is 5. The van der Waals surface area contributed by atoms with Crippen LogP contribution in [0.15, 0.2) is 0 Å². The van der Waals surface area contributed by atoms with Crippen molar-refractivity contribution in [2.24, 2.45) is 0 Å². The lowest BCUT2D eigenvalue weighted by Crippen LogP contribution is -1.98. The topological polar surface area (TPSA) is 26.3 Å². The Morgan fingerprint density at radius 1 is 1.12 bits per heavy atom. The van der Waals surface area contributed by atoms with Crippen LogP contribution >= 0.6 is 35.7 Å². The van der Waals surface area contributed by atoms with Crippen LogP contribution in [0.25, 0.3) is 0 Å². The lowest BCUT2D eigenvalue weighted by Gasteiger charge is -2.03. The van der Waals surface area contributed by atoms with E-state index < -0.39 is 0 Å². The number of carbonyl (C=O) groups excluding carboxylic acids is 1. The SMILES string of the molecule is CCCCCCCCSC(=S)SC(=O)OCC. The zero-order valence-corrected chi connectivity index (χ0v) is 13.1. The molecule has 0 fully saturated rings. The number of carbonyl (C=O) groups is 1. The van der Waals surface area contributed by atoms with Crippen molar-refractivity contribution in [3.8, 4) is 0 Å². The summed E-state index contributed by atoms with van der Waals surface area (Å²) < 4.78 is 5.49. The molecule has 0 bridgehead atoms. The molecule has 0 aromatic heterocycles. The van der Waals surface area contributed by atoms with E-state index >= 15 is 0 Å². The van der Waals surface area contributed by atoms with E-state index in [-0.39, 0.29) is 5.30 Å². The molecule has 2 nitrogen and oxygen atoms in total. The van der Waals surface area contributed by atoms with Gasteiger partial charge in [0.15, 0.2) is 0 Å². The molecule has 0 atom stereocenters. The smallest absolute Gasteiger partial charge is 0.373 e. The average Bonchev–Trinajstić information content (AvgIpc) is 2.28. The van der Waals surface area contributed by atoms with Crippen LogP contribution < -0.4 is 0 Å². The number of hydrogen-bond donors (Lipinski definition) is 0. The molecule has 0 radical (unpaired) electrons. The molecule has 0 unspecified atom stereocenters. The Hall–Kier alpha value is 0.260. The first kappa shape index (κ1) is 17.3. The van der Waals surface area contributed by atoms with Crippen molar-refractivity contribution < 1.29 is 9.53 Å². The third-order valence-electron chi connectivity index (χ3n) is 2.15. The van der Waals surface area contributed by atoms with Crippen LogP contribution in [-0.4, -0.2) is 21.2 Å². The van der Waals surface area contributed by atoms with Crippen LogP contribution in [0.4, 0.5) is 4.79 Å². The van der Waals surface area contributed by atoms with Crippen molar-refractivity contribution in [3.05, 3.63) is 0 Å². The third-order valence-corrected chi connectivity index (χ3v) is 4.53. The highest BCUT2D eigenvalue weighted by Crippen LogP contribution is 2.21. The summed E-state index contributed by atoms with van der Waals surface area (Å²) in [7, 11) is 0. The molecule has 0 spiro atoms. The molecule has 0 saturated carbocycles. The Kier molecular flexibility index (Phi) is 12.9. The van der Waals surface area contributed by atoms with E-state index in [1.54, 1.807) is 18.7 Å². The molecule has 0 rings (SSSR count). The molecule has 0 heterocycles. The maximum Gasteiger partial charge on any atom is 0.373 e. The molecule has 0 saturated heterocycles. The molecular formula is C12H22O2S3. The zero-order valence-electron chi connectivity index (χ0n) is 10.7. The van der Waals surface area contributed by atoms with Crippen molar-refractivity contribution in [1.82, 2.24) is 0 Å². The molecule has 5 heteroatoms. The summed E-state index contributed by atoms with van der Waals surface area (Å²) in [5.41, 5.74) is 0. The van der Waals surface area contributed by atoms with E-state index in [0.717, 1.165) is 17.5 Å². The van der Waals surface area contributed by atoms with Gasteiger partial charge in [-0.2, -0.15) is 0 Å². The molecule has 0 aliphatic carbocycles. The predicted molar refractivity (Wildman–Crippen MR) is 83.0 cm³/mol. The second-order valence-corrected chi connectivity index (χ2v) is 6.89. The summed E-state index contributed by atoms with van der Waals surface area (Å²) in [6.45, 7) is 4.43. The predicted octanol–water partition coefficient (Wildman–Crippen LogP) is 5.25. The van der Waals surface area contributed by atoms with Crippen LogP contribution in [0.1, 0.15) is 52.4 Å². The molecular weight excluding hydrogens is 272 g/mol. The Bertz CT molecular complexity index is 220.